The molecule has 1 aromatic carbocycles. The van der Waals surface area contributed by atoms with E-state index in [0.29, 0.717) is 17.7 Å². The Balaban J connectivity index is 1.97. The first-order valence-electron chi connectivity index (χ1n) is 6.30. The molecule has 0 spiro atoms. The van der Waals surface area contributed by atoms with Crippen molar-refractivity contribution in [3.63, 3.8) is 0 Å². The van der Waals surface area contributed by atoms with Crippen LogP contribution >= 0.6 is 0 Å². The van der Waals surface area contributed by atoms with Crippen molar-refractivity contribution in [1.29, 1.82) is 0 Å². The fourth-order valence-corrected chi connectivity index (χ4v) is 3.80. The van der Waals surface area contributed by atoms with E-state index >= 15 is 0 Å². The van der Waals surface area contributed by atoms with E-state index in [4.69, 9.17) is 9.47 Å². The van der Waals surface area contributed by atoms with Crippen LogP contribution in [0.25, 0.3) is 0 Å². The summed E-state index contributed by atoms with van der Waals surface area (Å²) in [5.41, 5.74) is 1.12. The molecule has 1 unspecified atom stereocenters. The summed E-state index contributed by atoms with van der Waals surface area (Å²) in [5.74, 6) is -0.355. The van der Waals surface area contributed by atoms with E-state index in [2.05, 4.69) is 0 Å². The first-order valence-corrected chi connectivity index (χ1v) is 8.15. The summed E-state index contributed by atoms with van der Waals surface area (Å²) in [6, 6.07) is 6.64. The summed E-state index contributed by atoms with van der Waals surface area (Å²) in [4.78, 5) is 23.5. The zero-order valence-corrected chi connectivity index (χ0v) is 12.5. The summed E-state index contributed by atoms with van der Waals surface area (Å²) < 4.78 is 10.5. The van der Waals surface area contributed by atoms with Crippen LogP contribution in [0.1, 0.15) is 40.5 Å². The number of carbonyl (C=O) groups is 2. The normalized spacial score (nSPS) is 18.3. The van der Waals surface area contributed by atoms with Crippen molar-refractivity contribution in [2.24, 2.45) is 0 Å². The Morgan fingerprint density at radius 2 is 2.00 bits per heavy atom. The van der Waals surface area contributed by atoms with Crippen LogP contribution in [0, 0.1) is 0 Å². The molecule has 0 bridgehead atoms. The van der Waals surface area contributed by atoms with Crippen LogP contribution in [0.5, 0.6) is 0 Å². The average molecular weight is 327 g/mol. The molecule has 1 heterocycles. The Hall–Kier alpha value is -1.16. The van der Waals surface area contributed by atoms with Gasteiger partial charge in [-0.3, -0.25) is 0 Å². The van der Waals surface area contributed by atoms with Gasteiger partial charge in [-0.2, -0.15) is 0 Å². The summed E-state index contributed by atoms with van der Waals surface area (Å²) in [7, 11) is 0. The minimum absolute atomic E-state index is 0.115. The van der Waals surface area contributed by atoms with Gasteiger partial charge in [0.05, 0.1) is 0 Å². The zero-order chi connectivity index (χ0) is 13.7. The number of hydrogen-bond acceptors (Lipinski definition) is 4. The molecule has 1 fully saturated rings. The van der Waals surface area contributed by atoms with Crippen LogP contribution in [-0.2, 0) is 9.47 Å². The molecule has 0 amide bonds. The third-order valence-electron chi connectivity index (χ3n) is 2.76. The van der Waals surface area contributed by atoms with Crippen LogP contribution in [0.2, 0.25) is 0 Å². The topological polar surface area (TPSA) is 52.6 Å². The SMILES string of the molecule is CCOC(=O)c1ccc(C(=O)[Se]C2CCCO2)cc1. The summed E-state index contributed by atoms with van der Waals surface area (Å²) in [5, 5.41) is 0.115. The van der Waals surface area contributed by atoms with Gasteiger partial charge in [-0.1, -0.05) is 0 Å². The van der Waals surface area contributed by atoms with Gasteiger partial charge in [0, 0.05) is 0 Å². The quantitative estimate of drug-likeness (QED) is 0.612. The molecule has 2 rings (SSSR count). The van der Waals surface area contributed by atoms with Crippen LogP contribution in [0.15, 0.2) is 24.3 Å². The van der Waals surface area contributed by atoms with E-state index in [1.807, 2.05) is 0 Å². The molecule has 4 nitrogen and oxygen atoms in total. The van der Waals surface area contributed by atoms with Gasteiger partial charge in [-0.05, 0) is 0 Å². The van der Waals surface area contributed by atoms with Crippen molar-refractivity contribution < 1.29 is 19.1 Å². The molecular formula is C14H16O4Se. The first kappa shape index (κ1) is 14.3. The van der Waals surface area contributed by atoms with E-state index in [0.717, 1.165) is 19.4 Å². The van der Waals surface area contributed by atoms with Gasteiger partial charge in [0.15, 0.2) is 0 Å². The molecule has 5 heteroatoms. The van der Waals surface area contributed by atoms with Crippen molar-refractivity contribution in [3.8, 4) is 0 Å². The van der Waals surface area contributed by atoms with Crippen molar-refractivity contribution in [2.75, 3.05) is 13.2 Å². The minimum atomic E-state index is -0.355. The van der Waals surface area contributed by atoms with E-state index in [9.17, 15) is 9.59 Å². The second kappa shape index (κ2) is 6.85. The maximum atomic E-state index is 12.0. The van der Waals surface area contributed by atoms with Crippen LogP contribution in [-0.4, -0.2) is 43.8 Å². The van der Waals surface area contributed by atoms with Crippen LogP contribution < -0.4 is 0 Å². The number of benzene rings is 1. The van der Waals surface area contributed by atoms with Gasteiger partial charge < -0.3 is 0 Å². The second-order valence-electron chi connectivity index (χ2n) is 4.15. The number of hydrogen-bond donors (Lipinski definition) is 0. The van der Waals surface area contributed by atoms with Crippen molar-refractivity contribution in [3.05, 3.63) is 35.4 Å². The fraction of sp³-hybridized carbons (Fsp3) is 0.429. The van der Waals surface area contributed by atoms with Gasteiger partial charge in [0.2, 0.25) is 0 Å². The maximum absolute atomic E-state index is 12.0. The van der Waals surface area contributed by atoms with Gasteiger partial charge >= 0.3 is 118 Å². The van der Waals surface area contributed by atoms with E-state index in [-0.39, 0.29) is 30.6 Å². The Morgan fingerprint density at radius 1 is 1.32 bits per heavy atom. The second-order valence-corrected chi connectivity index (χ2v) is 6.52. The molecule has 1 aliphatic rings. The number of carbonyl (C=O) groups excluding carboxylic acids is 2. The number of ether oxygens (including phenoxy) is 2. The van der Waals surface area contributed by atoms with E-state index in [1.165, 1.54) is 0 Å². The fourth-order valence-electron chi connectivity index (χ4n) is 1.79. The third-order valence-corrected chi connectivity index (χ3v) is 5.03. The third kappa shape index (κ3) is 3.90. The molecule has 0 saturated carbocycles. The molecule has 1 atom stereocenters. The van der Waals surface area contributed by atoms with Crippen LogP contribution in [0.3, 0.4) is 0 Å². The van der Waals surface area contributed by atoms with Gasteiger partial charge in [0.1, 0.15) is 0 Å². The van der Waals surface area contributed by atoms with Gasteiger partial charge in [0.25, 0.3) is 0 Å². The van der Waals surface area contributed by atoms with Crippen molar-refractivity contribution >= 4 is 25.6 Å². The van der Waals surface area contributed by atoms with Crippen molar-refractivity contribution in [1.82, 2.24) is 0 Å². The molecule has 0 N–H and O–H groups in total. The van der Waals surface area contributed by atoms with E-state index < -0.39 is 0 Å². The molecule has 0 radical (unpaired) electrons. The Morgan fingerprint density at radius 3 is 2.58 bits per heavy atom. The predicted octanol–water partition coefficient (Wildman–Crippen LogP) is 1.84. The predicted molar refractivity (Wildman–Crippen MR) is 71.5 cm³/mol. The molecule has 102 valence electrons. The molecule has 19 heavy (non-hydrogen) atoms. The molecule has 1 aromatic rings. The monoisotopic (exact) mass is 328 g/mol. The number of rotatable bonds is 5. The molecule has 1 aliphatic heterocycles. The zero-order valence-electron chi connectivity index (χ0n) is 10.8. The summed E-state index contributed by atoms with van der Waals surface area (Å²) in [6.45, 7) is 2.88. The van der Waals surface area contributed by atoms with Crippen LogP contribution in [0.4, 0.5) is 0 Å². The average Bonchev–Trinajstić information content (AvgIpc) is 2.92. The Kier molecular flexibility index (Phi) is 5.14. The summed E-state index contributed by atoms with van der Waals surface area (Å²) in [6.07, 6.45) is 2.02. The van der Waals surface area contributed by atoms with Gasteiger partial charge in [-0.25, -0.2) is 0 Å². The molecular weight excluding hydrogens is 311 g/mol. The number of esters is 1. The van der Waals surface area contributed by atoms with Crippen molar-refractivity contribution in [2.45, 2.75) is 24.8 Å². The first-order chi connectivity index (χ1) is 9.20. The molecule has 0 aliphatic carbocycles. The standard InChI is InChI=1S/C14H16O4Se/c1-2-17-13(15)10-5-7-11(8-6-10)14(16)19-12-4-3-9-18-12/h5-8,12H,2-4,9H2,1H3. The Bertz CT molecular complexity index is 449. The van der Waals surface area contributed by atoms with Gasteiger partial charge in [-0.15, -0.1) is 0 Å². The molecule has 1 saturated heterocycles. The summed E-state index contributed by atoms with van der Waals surface area (Å²) >= 11 is -0.179. The Labute approximate surface area is 118 Å². The molecule has 0 aromatic heterocycles. The van der Waals surface area contributed by atoms with E-state index in [1.54, 1.807) is 31.2 Å².